The van der Waals surface area contributed by atoms with Gasteiger partial charge in [-0.15, -0.1) is 0 Å². The highest BCUT2D eigenvalue weighted by Gasteiger charge is 2.11. The summed E-state index contributed by atoms with van der Waals surface area (Å²) in [5.74, 6) is -0.245. The molecule has 0 aromatic heterocycles. The van der Waals surface area contributed by atoms with Crippen molar-refractivity contribution in [3.05, 3.63) is 56.8 Å². The van der Waals surface area contributed by atoms with Crippen molar-refractivity contribution in [3.63, 3.8) is 0 Å². The third-order valence-electron chi connectivity index (χ3n) is 2.50. The smallest absolute Gasteiger partial charge is 0.126 e. The van der Waals surface area contributed by atoms with Crippen molar-refractivity contribution in [3.8, 4) is 11.1 Å². The van der Waals surface area contributed by atoms with Crippen molar-refractivity contribution in [1.29, 1.82) is 0 Å². The summed E-state index contributed by atoms with van der Waals surface area (Å²) in [5, 5.41) is 1.09. The van der Waals surface area contributed by atoms with Gasteiger partial charge in [-0.05, 0) is 36.2 Å². The van der Waals surface area contributed by atoms with E-state index in [0.29, 0.717) is 20.6 Å². The molecule has 0 aliphatic heterocycles. The van der Waals surface area contributed by atoms with Gasteiger partial charge in [0.1, 0.15) is 5.82 Å². The molecule has 0 nitrogen and oxygen atoms in total. The molecule has 0 bridgehead atoms. The van der Waals surface area contributed by atoms with E-state index in [1.54, 1.807) is 31.2 Å². The lowest BCUT2D eigenvalue weighted by atomic mass is 10.0. The second-order valence-electron chi connectivity index (χ2n) is 3.69. The number of halogens is 4. The molecule has 0 aliphatic rings. The molecule has 0 spiro atoms. The van der Waals surface area contributed by atoms with Crippen LogP contribution < -0.4 is 0 Å². The third kappa shape index (κ3) is 2.42. The second kappa shape index (κ2) is 4.85. The maximum absolute atomic E-state index is 13.2. The van der Waals surface area contributed by atoms with Crippen molar-refractivity contribution in [1.82, 2.24) is 0 Å². The molecule has 0 N–H and O–H groups in total. The molecule has 0 amide bonds. The number of rotatable bonds is 1. The van der Waals surface area contributed by atoms with Crippen LogP contribution in [0.1, 0.15) is 5.56 Å². The van der Waals surface area contributed by atoms with Crippen LogP contribution in [0.4, 0.5) is 4.39 Å². The normalized spacial score (nSPS) is 10.6. The summed E-state index contributed by atoms with van der Waals surface area (Å²) in [7, 11) is 0. The first kappa shape index (κ1) is 12.7. The van der Waals surface area contributed by atoms with E-state index in [1.807, 2.05) is 0 Å². The van der Waals surface area contributed by atoms with Gasteiger partial charge in [0.15, 0.2) is 0 Å². The Bertz CT molecular complexity index is 579. The van der Waals surface area contributed by atoms with Gasteiger partial charge in [-0.1, -0.05) is 46.9 Å². The van der Waals surface area contributed by atoms with E-state index in [4.69, 9.17) is 34.8 Å². The molecule has 2 aromatic rings. The number of aryl methyl sites for hydroxylation is 1. The molecule has 0 atom stereocenters. The number of benzene rings is 2. The zero-order chi connectivity index (χ0) is 12.6. The fourth-order valence-corrected chi connectivity index (χ4v) is 2.21. The average molecular weight is 290 g/mol. The summed E-state index contributed by atoms with van der Waals surface area (Å²) in [4.78, 5) is 0. The molecule has 0 radical (unpaired) electrons. The van der Waals surface area contributed by atoms with E-state index in [0.717, 1.165) is 11.1 Å². The van der Waals surface area contributed by atoms with Gasteiger partial charge in [-0.25, -0.2) is 4.39 Å². The highest BCUT2D eigenvalue weighted by molar-refractivity contribution is 6.49. The van der Waals surface area contributed by atoms with Crippen LogP contribution in [0.25, 0.3) is 11.1 Å². The van der Waals surface area contributed by atoms with E-state index >= 15 is 0 Å². The van der Waals surface area contributed by atoms with Gasteiger partial charge < -0.3 is 0 Å². The summed E-state index contributed by atoms with van der Waals surface area (Å²) < 4.78 is 13.2. The molecule has 88 valence electrons. The average Bonchev–Trinajstić information content (AvgIpc) is 2.30. The fourth-order valence-electron chi connectivity index (χ4n) is 1.56. The Morgan fingerprint density at radius 3 is 2.29 bits per heavy atom. The zero-order valence-corrected chi connectivity index (χ0v) is 11.2. The van der Waals surface area contributed by atoms with Gasteiger partial charge in [-0.3, -0.25) is 0 Å². The second-order valence-corrected chi connectivity index (χ2v) is 4.85. The molecule has 0 aliphatic carbocycles. The summed E-state index contributed by atoms with van der Waals surface area (Å²) in [6.45, 7) is 1.70. The van der Waals surface area contributed by atoms with Gasteiger partial charge in [0, 0.05) is 5.56 Å². The highest BCUT2D eigenvalue weighted by Crippen LogP contribution is 2.38. The molecule has 2 aromatic carbocycles. The standard InChI is InChI=1S/C13H8Cl3F/c1-7-6-8(2-5-11(7)17)9-3-4-10(14)13(16)12(9)15/h2-6H,1H3. The van der Waals surface area contributed by atoms with Gasteiger partial charge >= 0.3 is 0 Å². The Morgan fingerprint density at radius 2 is 1.65 bits per heavy atom. The molecule has 2 rings (SSSR count). The predicted octanol–water partition coefficient (Wildman–Crippen LogP) is 5.76. The molecular formula is C13H8Cl3F. The van der Waals surface area contributed by atoms with Crippen molar-refractivity contribution in [2.75, 3.05) is 0 Å². The van der Waals surface area contributed by atoms with Gasteiger partial charge in [0.05, 0.1) is 15.1 Å². The lowest BCUT2D eigenvalue weighted by molar-refractivity contribution is 0.619. The molecule has 0 unspecified atom stereocenters. The van der Waals surface area contributed by atoms with Crippen molar-refractivity contribution >= 4 is 34.8 Å². The molecule has 0 saturated heterocycles. The van der Waals surface area contributed by atoms with Crippen LogP contribution in [0.3, 0.4) is 0 Å². The molecule has 17 heavy (non-hydrogen) atoms. The summed E-state index contributed by atoms with van der Waals surface area (Å²) in [6, 6.07) is 8.23. The number of hydrogen-bond acceptors (Lipinski definition) is 0. The summed E-state index contributed by atoms with van der Waals surface area (Å²) >= 11 is 17.9. The minimum Gasteiger partial charge on any atom is -0.207 e. The first-order chi connectivity index (χ1) is 8.00. The predicted molar refractivity (Wildman–Crippen MR) is 71.6 cm³/mol. The van der Waals surface area contributed by atoms with E-state index < -0.39 is 0 Å². The molecule has 0 heterocycles. The van der Waals surface area contributed by atoms with Gasteiger partial charge in [0.2, 0.25) is 0 Å². The quantitative estimate of drug-likeness (QED) is 0.585. The third-order valence-corrected chi connectivity index (χ3v) is 3.80. The van der Waals surface area contributed by atoms with E-state index in [1.165, 1.54) is 6.07 Å². The van der Waals surface area contributed by atoms with Gasteiger partial charge in [-0.2, -0.15) is 0 Å². The van der Waals surface area contributed by atoms with Crippen molar-refractivity contribution in [2.24, 2.45) is 0 Å². The Kier molecular flexibility index (Phi) is 3.62. The SMILES string of the molecule is Cc1cc(-c2ccc(Cl)c(Cl)c2Cl)ccc1F. The van der Waals surface area contributed by atoms with Crippen LogP contribution >= 0.6 is 34.8 Å². The minimum absolute atomic E-state index is 0.245. The fraction of sp³-hybridized carbons (Fsp3) is 0.0769. The Labute approximate surface area is 114 Å². The monoisotopic (exact) mass is 288 g/mol. The highest BCUT2D eigenvalue weighted by atomic mass is 35.5. The Balaban J connectivity index is 2.61. The van der Waals surface area contributed by atoms with Crippen LogP contribution in [0, 0.1) is 12.7 Å². The molecule has 0 fully saturated rings. The van der Waals surface area contributed by atoms with E-state index in [-0.39, 0.29) is 5.82 Å². The first-order valence-corrected chi connectivity index (χ1v) is 6.04. The lowest BCUT2D eigenvalue weighted by Crippen LogP contribution is -1.86. The maximum Gasteiger partial charge on any atom is 0.126 e. The maximum atomic E-state index is 13.2. The Morgan fingerprint density at radius 1 is 0.941 bits per heavy atom. The minimum atomic E-state index is -0.245. The van der Waals surface area contributed by atoms with Crippen LogP contribution in [0.2, 0.25) is 15.1 Å². The summed E-state index contributed by atoms with van der Waals surface area (Å²) in [5.41, 5.74) is 2.11. The molecule has 0 saturated carbocycles. The topological polar surface area (TPSA) is 0 Å². The molecule has 4 heteroatoms. The van der Waals surface area contributed by atoms with Crippen molar-refractivity contribution in [2.45, 2.75) is 6.92 Å². The van der Waals surface area contributed by atoms with Crippen molar-refractivity contribution < 1.29 is 4.39 Å². The molecular weight excluding hydrogens is 282 g/mol. The Hall–Kier alpha value is -0.760. The number of hydrogen-bond donors (Lipinski definition) is 0. The largest absolute Gasteiger partial charge is 0.207 e. The van der Waals surface area contributed by atoms with Crippen LogP contribution in [0.15, 0.2) is 30.3 Å². The lowest BCUT2D eigenvalue weighted by Gasteiger charge is -2.08. The van der Waals surface area contributed by atoms with Gasteiger partial charge in [0.25, 0.3) is 0 Å². The van der Waals surface area contributed by atoms with Crippen LogP contribution in [0.5, 0.6) is 0 Å². The summed E-state index contributed by atoms with van der Waals surface area (Å²) in [6.07, 6.45) is 0. The van der Waals surface area contributed by atoms with E-state index in [9.17, 15) is 4.39 Å². The first-order valence-electron chi connectivity index (χ1n) is 4.90. The van der Waals surface area contributed by atoms with Crippen LogP contribution in [-0.2, 0) is 0 Å². The van der Waals surface area contributed by atoms with Crippen LogP contribution in [-0.4, -0.2) is 0 Å². The zero-order valence-electron chi connectivity index (χ0n) is 8.90. The van der Waals surface area contributed by atoms with E-state index in [2.05, 4.69) is 0 Å².